The molecule has 6 atom stereocenters. The molecule has 0 bridgehead atoms. The van der Waals surface area contributed by atoms with Crippen LogP contribution in [-0.2, 0) is 36.3 Å². The van der Waals surface area contributed by atoms with Crippen molar-refractivity contribution >= 4 is 52.2 Å². The fourth-order valence-corrected chi connectivity index (χ4v) is 7.74. The van der Waals surface area contributed by atoms with E-state index in [2.05, 4.69) is 23.6 Å². The minimum atomic E-state index is -5.92. The predicted molar refractivity (Wildman–Crippen MR) is 155 cm³/mol. The van der Waals surface area contributed by atoms with Gasteiger partial charge < -0.3 is 39.9 Å². The Bertz CT molecular complexity index is 1950. The Kier molecular flexibility index (Phi) is 9.87. The number of phosphoric acid groups is 3. The number of nitrogens with zero attached hydrogens (tertiary/aromatic N) is 4. The third kappa shape index (κ3) is 8.22. The molecule has 7 N–H and O–H groups in total. The number of fused-ring (bicyclic) bond motifs is 1. The van der Waals surface area contributed by atoms with Gasteiger partial charge >= 0.3 is 29.4 Å². The molecular formula is C24H24N5O15P3. The molecule has 0 radical (unpaired) electrons. The quantitative estimate of drug-likeness (QED) is 0.0687. The number of phosphoric ester groups is 1. The lowest BCUT2D eigenvalue weighted by Gasteiger charge is -2.23. The first-order valence-electron chi connectivity index (χ1n) is 13.0. The van der Waals surface area contributed by atoms with Crippen molar-refractivity contribution in [1.82, 2.24) is 19.5 Å². The van der Waals surface area contributed by atoms with E-state index >= 15 is 0 Å². The van der Waals surface area contributed by atoms with Crippen LogP contribution in [0, 0.1) is 0 Å². The molecule has 1 saturated heterocycles. The number of esters is 1. The van der Waals surface area contributed by atoms with E-state index < -0.39 is 60.6 Å². The van der Waals surface area contributed by atoms with Gasteiger partial charge in [0.15, 0.2) is 23.5 Å². The zero-order chi connectivity index (χ0) is 34.1. The van der Waals surface area contributed by atoms with Gasteiger partial charge in [0.2, 0.25) is 0 Å². The molecule has 3 heterocycles. The van der Waals surface area contributed by atoms with E-state index in [9.17, 15) is 38.2 Å². The Morgan fingerprint density at radius 2 is 1.57 bits per heavy atom. The topological polar surface area (TPSA) is 302 Å². The summed E-state index contributed by atoms with van der Waals surface area (Å²) in [5.74, 6) is -1.40. The highest BCUT2D eigenvalue weighted by atomic mass is 31.3. The number of nitrogen functional groups attached to an aromatic ring is 1. The SMILES string of the molecule is Nc1ncnc2c1ncn2[C@@H]1O[C@H](COC(=O)c2cccc(C(=O)c3ccccc3)c2)[C@@H](OP(=O)(O)OP(=O)(O)OP(=O)(O)O)[C@H]1O. The molecule has 4 aromatic rings. The molecule has 0 amide bonds. The smallest absolute Gasteiger partial charge is 0.459 e. The van der Waals surface area contributed by atoms with Gasteiger partial charge in [-0.05, 0) is 12.1 Å². The van der Waals surface area contributed by atoms with Gasteiger partial charge in [0.25, 0.3) is 0 Å². The fraction of sp³-hybridized carbons (Fsp3) is 0.208. The standard InChI is InChI=1S/C24H24N5O15P3/c25-21-17-22(27-11-26-21)29(12-28-17)23-19(31)20(42-46(36,37)44-47(38,39)43-45(33,34)35)16(41-23)10-40-24(32)15-8-4-7-14(9-15)18(30)13-5-2-1-3-6-13/h1-9,11-12,16,19-20,23,31H,10H2,(H,36,37)(H,38,39)(H2,25,26,27)(H2,33,34,35)/t16-,19-,20-,23-/m1/s1. The Morgan fingerprint density at radius 3 is 2.28 bits per heavy atom. The minimum Gasteiger partial charge on any atom is -0.459 e. The monoisotopic (exact) mass is 715 g/mol. The van der Waals surface area contributed by atoms with Crippen molar-refractivity contribution in [3.63, 3.8) is 0 Å². The summed E-state index contributed by atoms with van der Waals surface area (Å²) in [7, 11) is -17.4. The Morgan fingerprint density at radius 1 is 0.894 bits per heavy atom. The van der Waals surface area contributed by atoms with Gasteiger partial charge in [-0.15, -0.1) is 0 Å². The number of hydrogen-bond acceptors (Lipinski definition) is 15. The van der Waals surface area contributed by atoms with E-state index in [1.165, 1.54) is 24.3 Å². The normalized spacial score (nSPS) is 22.4. The van der Waals surface area contributed by atoms with Crippen LogP contribution < -0.4 is 5.73 Å². The van der Waals surface area contributed by atoms with Crippen LogP contribution in [0.4, 0.5) is 5.82 Å². The maximum absolute atomic E-state index is 13.0. The summed E-state index contributed by atoms with van der Waals surface area (Å²) in [5.41, 5.74) is 6.39. The molecule has 0 aliphatic carbocycles. The lowest BCUT2D eigenvalue weighted by Crippen LogP contribution is -2.36. The average Bonchev–Trinajstić information content (AvgIpc) is 3.55. The van der Waals surface area contributed by atoms with Gasteiger partial charge in [-0.25, -0.2) is 33.4 Å². The van der Waals surface area contributed by atoms with Crippen molar-refractivity contribution in [2.75, 3.05) is 12.3 Å². The minimum absolute atomic E-state index is 0.0375. The lowest BCUT2D eigenvalue weighted by molar-refractivity contribution is -0.0562. The number of nitrogens with two attached hydrogens (primary N) is 1. The molecule has 0 saturated carbocycles. The maximum atomic E-state index is 13.0. The first-order valence-corrected chi connectivity index (χ1v) is 17.5. The van der Waals surface area contributed by atoms with Crippen molar-refractivity contribution in [3.05, 3.63) is 83.9 Å². The van der Waals surface area contributed by atoms with Crippen molar-refractivity contribution in [2.45, 2.75) is 24.5 Å². The summed E-state index contributed by atoms with van der Waals surface area (Å²) < 4.78 is 60.2. The van der Waals surface area contributed by atoms with Crippen LogP contribution in [0.2, 0.25) is 0 Å². The molecule has 20 nitrogen and oxygen atoms in total. The van der Waals surface area contributed by atoms with Gasteiger partial charge in [-0.2, -0.15) is 8.62 Å². The zero-order valence-electron chi connectivity index (χ0n) is 23.4. The molecule has 1 aliphatic rings. The number of carbonyl (C=O) groups is 2. The molecule has 23 heteroatoms. The van der Waals surface area contributed by atoms with Gasteiger partial charge in [0, 0.05) is 11.1 Å². The summed E-state index contributed by atoms with van der Waals surface area (Å²) in [5, 5.41) is 11.1. The molecule has 1 aliphatic heterocycles. The fourth-order valence-electron chi connectivity index (χ4n) is 4.51. The van der Waals surface area contributed by atoms with Crippen LogP contribution in [0.15, 0.2) is 67.3 Å². The highest BCUT2D eigenvalue weighted by molar-refractivity contribution is 7.66. The number of ether oxygens (including phenoxy) is 2. The second kappa shape index (κ2) is 13.4. The molecule has 47 heavy (non-hydrogen) atoms. The summed E-state index contributed by atoms with van der Waals surface area (Å²) in [4.78, 5) is 75.0. The predicted octanol–water partition coefficient (Wildman–Crippen LogP) is 1.47. The van der Waals surface area contributed by atoms with Crippen LogP contribution in [0.1, 0.15) is 32.5 Å². The highest BCUT2D eigenvalue weighted by Gasteiger charge is 2.51. The zero-order valence-corrected chi connectivity index (χ0v) is 26.1. The third-order valence-corrected chi connectivity index (χ3v) is 10.3. The van der Waals surface area contributed by atoms with E-state index in [1.807, 2.05) is 0 Å². The molecular weight excluding hydrogens is 691 g/mol. The summed E-state index contributed by atoms with van der Waals surface area (Å²) in [6, 6.07) is 13.8. The number of anilines is 1. The van der Waals surface area contributed by atoms with Gasteiger partial charge in [-0.3, -0.25) is 13.9 Å². The van der Waals surface area contributed by atoms with Crippen LogP contribution in [0.5, 0.6) is 0 Å². The van der Waals surface area contributed by atoms with Crippen molar-refractivity contribution in [3.8, 4) is 0 Å². The number of aromatic nitrogens is 4. The van der Waals surface area contributed by atoms with E-state index in [0.717, 1.165) is 17.2 Å². The van der Waals surface area contributed by atoms with E-state index in [4.69, 9.17) is 29.5 Å². The van der Waals surface area contributed by atoms with Crippen LogP contribution in [0.25, 0.3) is 11.2 Å². The molecule has 5 rings (SSSR count). The van der Waals surface area contributed by atoms with Gasteiger partial charge in [0.05, 0.1) is 11.9 Å². The molecule has 2 aromatic carbocycles. The first kappa shape index (κ1) is 34.6. The molecule has 250 valence electrons. The molecule has 0 spiro atoms. The Labute approximate surface area is 263 Å². The van der Waals surface area contributed by atoms with Crippen LogP contribution in [0.3, 0.4) is 0 Å². The second-order valence-electron chi connectivity index (χ2n) is 9.67. The maximum Gasteiger partial charge on any atom is 0.490 e. The van der Waals surface area contributed by atoms with Crippen LogP contribution >= 0.6 is 23.5 Å². The number of carbonyl (C=O) groups excluding carboxylic acids is 2. The number of hydrogen-bond donors (Lipinski definition) is 6. The number of aliphatic hydroxyl groups is 1. The molecule has 2 unspecified atom stereocenters. The van der Waals surface area contributed by atoms with Crippen molar-refractivity contribution in [1.29, 1.82) is 0 Å². The van der Waals surface area contributed by atoms with E-state index in [0.29, 0.717) is 5.56 Å². The Hall–Kier alpha value is -3.74. The molecule has 1 fully saturated rings. The molecule has 2 aromatic heterocycles. The largest absolute Gasteiger partial charge is 0.490 e. The van der Waals surface area contributed by atoms with Gasteiger partial charge in [-0.1, -0.05) is 42.5 Å². The van der Waals surface area contributed by atoms with E-state index in [1.54, 1.807) is 30.3 Å². The summed E-state index contributed by atoms with van der Waals surface area (Å²) in [6.07, 6.45) is -4.85. The second-order valence-corrected chi connectivity index (χ2v) is 14.0. The van der Waals surface area contributed by atoms with Crippen molar-refractivity contribution < 1.29 is 70.6 Å². The lowest BCUT2D eigenvalue weighted by atomic mass is 10.0. The van der Waals surface area contributed by atoms with E-state index in [-0.39, 0.29) is 33.9 Å². The number of imidazole rings is 1. The van der Waals surface area contributed by atoms with Gasteiger partial charge in [0.1, 0.15) is 36.8 Å². The third-order valence-electron chi connectivity index (χ3n) is 6.42. The number of ketones is 1. The highest BCUT2D eigenvalue weighted by Crippen LogP contribution is 2.67. The first-order chi connectivity index (χ1) is 22.0. The number of aliphatic hydroxyl groups excluding tert-OH is 1. The number of benzene rings is 2. The Balaban J connectivity index is 1.38. The summed E-state index contributed by atoms with van der Waals surface area (Å²) >= 11 is 0. The summed E-state index contributed by atoms with van der Waals surface area (Å²) in [6.45, 7) is -0.784. The van der Waals surface area contributed by atoms with Crippen molar-refractivity contribution in [2.24, 2.45) is 0 Å². The number of rotatable bonds is 12. The average molecular weight is 715 g/mol. The van der Waals surface area contributed by atoms with Crippen LogP contribution in [-0.4, -0.2) is 80.9 Å².